The van der Waals surface area contributed by atoms with Crippen LogP contribution in [0.25, 0.3) is 10.9 Å². The summed E-state index contributed by atoms with van der Waals surface area (Å²) in [5, 5.41) is 25.4. The van der Waals surface area contributed by atoms with Crippen molar-refractivity contribution in [2.24, 2.45) is 23.3 Å². The summed E-state index contributed by atoms with van der Waals surface area (Å²) in [7, 11) is 0. The van der Waals surface area contributed by atoms with Crippen molar-refractivity contribution in [3.05, 3.63) is 36.0 Å². The molecule has 0 saturated carbocycles. The van der Waals surface area contributed by atoms with E-state index in [2.05, 4.69) is 49.5 Å². The first kappa shape index (κ1) is 48.7. The Hall–Kier alpha value is -5.70. The number of hydrogen-bond acceptors (Lipinski definition) is 11. The first-order valence-corrected chi connectivity index (χ1v) is 20.5. The molecule has 0 spiro atoms. The van der Waals surface area contributed by atoms with Gasteiger partial charge in [-0.3, -0.25) is 38.4 Å². The standard InChI is InChI=1S/C39H58N10O10S/c1-5-20(3)32(41)36(55)46-25(14-22-16-42-24-11-8-7-10-23(22)24)34(53)43-18-31(52)48-33(21(4)6-2)37(56)44-17-30(51)45-27(19-60)35(54)47-26(15-29(40)50)38(57)49-13-9-12-28(49)39(58)59/h7-8,10-11,16,20-21,25-28,32-33,42,60H,5-6,9,12-15,17-19,41H2,1-4H3,(H2,40,50)(H,43,53)(H,44,56)(H,45,51)(H,46,55)(H,47,54)(H,48,52)(H,58,59)/t20-,21-,25-,26-,27-,28-,32-,33-/m0/s1. The molecule has 0 aliphatic carbocycles. The van der Waals surface area contributed by atoms with E-state index in [4.69, 9.17) is 11.5 Å². The fourth-order valence-corrected chi connectivity index (χ4v) is 6.86. The van der Waals surface area contributed by atoms with E-state index >= 15 is 0 Å². The Kier molecular flexibility index (Phi) is 18.8. The van der Waals surface area contributed by atoms with Gasteiger partial charge in [0.1, 0.15) is 30.2 Å². The number of hydrogen-bond donors (Lipinski definition) is 11. The van der Waals surface area contributed by atoms with E-state index in [1.807, 2.05) is 38.1 Å². The van der Waals surface area contributed by atoms with Crippen LogP contribution in [0.3, 0.4) is 0 Å². The van der Waals surface area contributed by atoms with Crippen LogP contribution in [0.15, 0.2) is 30.5 Å². The number of rotatable bonds is 23. The van der Waals surface area contributed by atoms with Crippen molar-refractivity contribution in [1.82, 2.24) is 41.8 Å². The van der Waals surface area contributed by atoms with Crippen molar-refractivity contribution in [2.45, 2.75) is 102 Å². The predicted molar refractivity (Wildman–Crippen MR) is 223 cm³/mol. The number of fused-ring (bicyclic) bond motifs is 1. The maximum Gasteiger partial charge on any atom is 0.326 e. The third-order valence-electron chi connectivity index (χ3n) is 10.6. The lowest BCUT2D eigenvalue weighted by Crippen LogP contribution is -2.58. The van der Waals surface area contributed by atoms with E-state index in [-0.39, 0.29) is 31.1 Å². The highest BCUT2D eigenvalue weighted by Gasteiger charge is 2.39. The Morgan fingerprint density at radius 1 is 0.833 bits per heavy atom. The molecule has 3 rings (SSSR count). The number of thiol groups is 1. The first-order valence-electron chi connectivity index (χ1n) is 19.9. The number of carboxylic acid groups (broad SMARTS) is 1. The zero-order valence-corrected chi connectivity index (χ0v) is 35.1. The van der Waals surface area contributed by atoms with Crippen LogP contribution in [0.5, 0.6) is 0 Å². The second kappa shape index (κ2) is 23.2. The van der Waals surface area contributed by atoms with Gasteiger partial charge in [0, 0.05) is 35.8 Å². The van der Waals surface area contributed by atoms with Gasteiger partial charge in [0.25, 0.3) is 0 Å². The van der Waals surface area contributed by atoms with E-state index in [1.165, 1.54) is 0 Å². The molecule has 2 aromatic rings. The predicted octanol–water partition coefficient (Wildman–Crippen LogP) is -1.82. The summed E-state index contributed by atoms with van der Waals surface area (Å²) < 4.78 is 0. The van der Waals surface area contributed by atoms with Gasteiger partial charge in [-0.2, -0.15) is 12.6 Å². The summed E-state index contributed by atoms with van der Waals surface area (Å²) >= 11 is 4.11. The van der Waals surface area contributed by atoms with Crippen molar-refractivity contribution in [2.75, 3.05) is 25.4 Å². The SMILES string of the molecule is CC[C@H](C)[C@H](N)C(=O)N[C@@H](Cc1c[nH]c2ccccc12)C(=O)NCC(=O)N[C@H](C(=O)NCC(=O)N[C@@H](CS)C(=O)N[C@@H](CC(N)=O)C(=O)N1CCC[C@H]1C(=O)O)[C@@H](C)CC. The van der Waals surface area contributed by atoms with E-state index in [1.54, 1.807) is 20.0 Å². The lowest BCUT2D eigenvalue weighted by atomic mass is 9.98. The fraction of sp³-hybridized carbons (Fsp3) is 0.564. The van der Waals surface area contributed by atoms with Crippen molar-refractivity contribution < 1.29 is 48.3 Å². The average Bonchev–Trinajstić information content (AvgIpc) is 3.89. The van der Waals surface area contributed by atoms with E-state index in [9.17, 15) is 48.3 Å². The number of aliphatic carboxylic acids is 1. The van der Waals surface area contributed by atoms with Gasteiger partial charge in [0.05, 0.1) is 25.6 Å². The third-order valence-corrected chi connectivity index (χ3v) is 11.0. The number of carboxylic acids is 1. The number of para-hydroxylation sites is 1. The van der Waals surface area contributed by atoms with Crippen LogP contribution in [0.2, 0.25) is 0 Å². The molecule has 0 unspecified atom stereocenters. The van der Waals surface area contributed by atoms with Gasteiger partial charge >= 0.3 is 5.97 Å². The summed E-state index contributed by atoms with van der Waals surface area (Å²) in [6, 6.07) is 0.341. The number of nitrogens with two attached hydrogens (primary N) is 2. The number of aromatic nitrogens is 1. The molecule has 1 fully saturated rings. The number of nitrogens with zero attached hydrogens (tertiary/aromatic N) is 1. The number of nitrogens with one attached hydrogen (secondary N) is 7. The molecule has 0 bridgehead atoms. The Morgan fingerprint density at radius 2 is 1.45 bits per heavy atom. The van der Waals surface area contributed by atoms with Crippen LogP contribution in [-0.4, -0.2) is 130 Å². The lowest BCUT2D eigenvalue weighted by Gasteiger charge is -2.28. The second-order valence-corrected chi connectivity index (χ2v) is 15.3. The lowest BCUT2D eigenvalue weighted by molar-refractivity contribution is -0.149. The minimum absolute atomic E-state index is 0.0873. The molecule has 1 aliphatic rings. The van der Waals surface area contributed by atoms with Gasteiger partial charge in [-0.15, -0.1) is 0 Å². The molecule has 20 nitrogen and oxygen atoms in total. The minimum atomic E-state index is -1.50. The third kappa shape index (κ3) is 13.7. The smallest absolute Gasteiger partial charge is 0.326 e. The number of benzene rings is 1. The highest BCUT2D eigenvalue weighted by Crippen LogP contribution is 2.21. The zero-order chi connectivity index (χ0) is 44.7. The van der Waals surface area contributed by atoms with Gasteiger partial charge in [-0.1, -0.05) is 58.7 Å². The molecule has 0 radical (unpaired) electrons. The molecule has 2 heterocycles. The number of aromatic amines is 1. The molecule has 8 atom stereocenters. The van der Waals surface area contributed by atoms with Gasteiger partial charge < -0.3 is 58.4 Å². The van der Waals surface area contributed by atoms with E-state index in [0.29, 0.717) is 19.3 Å². The molecular formula is C39H58N10O10S. The molecule has 1 aliphatic heterocycles. The van der Waals surface area contributed by atoms with E-state index in [0.717, 1.165) is 21.4 Å². The van der Waals surface area contributed by atoms with Crippen LogP contribution in [0, 0.1) is 11.8 Å². The minimum Gasteiger partial charge on any atom is -0.480 e. The highest BCUT2D eigenvalue weighted by molar-refractivity contribution is 7.80. The number of carbonyl (C=O) groups is 9. The molecular weight excluding hydrogens is 801 g/mol. The molecule has 8 amide bonds. The molecule has 1 aromatic carbocycles. The summed E-state index contributed by atoms with van der Waals surface area (Å²) in [4.78, 5) is 120. The summed E-state index contributed by atoms with van der Waals surface area (Å²) in [5.74, 6) is -8.24. The van der Waals surface area contributed by atoms with Gasteiger partial charge in [0.2, 0.25) is 47.3 Å². The van der Waals surface area contributed by atoms with Crippen molar-refractivity contribution in [1.29, 1.82) is 0 Å². The molecule has 1 saturated heterocycles. The Bertz CT molecular complexity index is 1890. The van der Waals surface area contributed by atoms with Crippen LogP contribution >= 0.6 is 12.6 Å². The number of H-pyrrole nitrogens is 1. The van der Waals surface area contributed by atoms with Gasteiger partial charge in [0.15, 0.2) is 0 Å². The number of amides is 8. The largest absolute Gasteiger partial charge is 0.480 e. The van der Waals surface area contributed by atoms with E-state index < -0.39 is 115 Å². The van der Waals surface area contributed by atoms with Crippen molar-refractivity contribution in [3.63, 3.8) is 0 Å². The van der Waals surface area contributed by atoms with Crippen LogP contribution < -0.4 is 43.4 Å². The Labute approximate surface area is 353 Å². The Balaban J connectivity index is 1.61. The normalized spacial score (nSPS) is 17.2. The van der Waals surface area contributed by atoms with Crippen molar-refractivity contribution >= 4 is 76.8 Å². The summed E-state index contributed by atoms with van der Waals surface area (Å²) in [6.45, 7) is 6.11. The maximum atomic E-state index is 13.5. The van der Waals surface area contributed by atoms with Gasteiger partial charge in [-0.05, 0) is 36.3 Å². The second-order valence-electron chi connectivity index (χ2n) is 15.0. The number of likely N-dealkylation sites (tertiary alicyclic amines) is 1. The van der Waals surface area contributed by atoms with Crippen LogP contribution in [0.1, 0.15) is 65.4 Å². The molecule has 330 valence electrons. The monoisotopic (exact) mass is 858 g/mol. The quantitative estimate of drug-likeness (QED) is 0.0553. The number of primary amides is 1. The molecule has 60 heavy (non-hydrogen) atoms. The molecule has 21 heteroatoms. The highest BCUT2D eigenvalue weighted by atomic mass is 32.1. The fourth-order valence-electron chi connectivity index (χ4n) is 6.60. The summed E-state index contributed by atoms with van der Waals surface area (Å²) in [6.07, 6.45) is 2.87. The topological polar surface area (TPSA) is 317 Å². The summed E-state index contributed by atoms with van der Waals surface area (Å²) in [5.41, 5.74) is 13.0. The zero-order valence-electron chi connectivity index (χ0n) is 34.2. The van der Waals surface area contributed by atoms with Crippen LogP contribution in [-0.2, 0) is 49.6 Å². The average molecular weight is 859 g/mol. The molecule has 12 N–H and O–H groups in total. The first-order chi connectivity index (χ1) is 28.4. The number of carbonyl (C=O) groups excluding carboxylic acids is 8. The van der Waals surface area contributed by atoms with Gasteiger partial charge in [-0.25, -0.2) is 4.79 Å². The molecule has 1 aromatic heterocycles. The maximum absolute atomic E-state index is 13.5. The Morgan fingerprint density at radius 3 is 2.07 bits per heavy atom. The van der Waals surface area contributed by atoms with Crippen molar-refractivity contribution in [3.8, 4) is 0 Å². The van der Waals surface area contributed by atoms with Crippen LogP contribution in [0.4, 0.5) is 0 Å².